The molecule has 1 amide bonds. The number of aromatic nitrogens is 3. The molecule has 9 nitrogen and oxygen atoms in total. The van der Waals surface area contributed by atoms with Crippen molar-refractivity contribution in [3.63, 3.8) is 0 Å². The summed E-state index contributed by atoms with van der Waals surface area (Å²) in [4.78, 5) is 45.8. The van der Waals surface area contributed by atoms with Gasteiger partial charge in [-0.3, -0.25) is 14.4 Å². The quantitative estimate of drug-likeness (QED) is 0.189. The number of alkyl halides is 2. The van der Waals surface area contributed by atoms with E-state index in [1.165, 1.54) is 24.4 Å². The summed E-state index contributed by atoms with van der Waals surface area (Å²) in [7, 11) is 3.68. The number of carbonyl (C=O) groups is 2. The van der Waals surface area contributed by atoms with Gasteiger partial charge in [0.15, 0.2) is 0 Å². The Hall–Kier alpha value is -4.45. The number of amides is 1. The van der Waals surface area contributed by atoms with Gasteiger partial charge in [0.1, 0.15) is 17.5 Å². The molecular weight excluding hydrogens is 599 g/mol. The Kier molecular flexibility index (Phi) is 10.7. The predicted octanol–water partition coefficient (Wildman–Crippen LogP) is 5.88. The normalized spacial score (nSPS) is 13.1. The van der Waals surface area contributed by atoms with Gasteiger partial charge in [-0.2, -0.15) is 0 Å². The molecule has 0 spiro atoms. The molecule has 4 rings (SSSR count). The number of aryl methyl sites for hydroxylation is 2. The molecule has 3 heterocycles. The summed E-state index contributed by atoms with van der Waals surface area (Å²) < 4.78 is 45.0. The average Bonchev–Trinajstić information content (AvgIpc) is 3.43. The minimum absolute atomic E-state index is 0.112. The van der Waals surface area contributed by atoms with E-state index in [9.17, 15) is 32.7 Å². The van der Waals surface area contributed by atoms with Crippen LogP contribution < -0.4 is 10.9 Å². The lowest BCUT2D eigenvalue weighted by Crippen LogP contribution is -2.41. The van der Waals surface area contributed by atoms with Crippen molar-refractivity contribution < 1.29 is 27.9 Å². The fraction of sp³-hybridized carbons (Fsp3) is 0.412. The van der Waals surface area contributed by atoms with Crippen LogP contribution in [0.5, 0.6) is 0 Å². The molecule has 0 fully saturated rings. The topological polar surface area (TPSA) is 109 Å². The van der Waals surface area contributed by atoms with Crippen LogP contribution in [0.3, 0.4) is 0 Å². The molecule has 246 valence electrons. The number of nitrogens with one attached hydrogen (secondary N) is 1. The second-order valence-corrected chi connectivity index (χ2v) is 12.4. The zero-order valence-electron chi connectivity index (χ0n) is 26.9. The van der Waals surface area contributed by atoms with Gasteiger partial charge in [-0.25, -0.2) is 18.2 Å². The molecule has 4 aromatic rings. The highest BCUT2D eigenvalue weighted by atomic mass is 19.3. The highest BCUT2D eigenvalue weighted by molar-refractivity contribution is 5.84. The number of carboxylic acid groups (broad SMARTS) is 1. The van der Waals surface area contributed by atoms with E-state index in [0.29, 0.717) is 46.4 Å². The van der Waals surface area contributed by atoms with Crippen LogP contribution in [-0.4, -0.2) is 56.5 Å². The van der Waals surface area contributed by atoms with E-state index in [2.05, 4.69) is 10.3 Å². The lowest BCUT2D eigenvalue weighted by atomic mass is 9.93. The number of likely N-dealkylation sites (N-methyl/N-ethyl adjacent to an activating group) is 1. The first-order valence-corrected chi connectivity index (χ1v) is 15.1. The second-order valence-electron chi connectivity index (χ2n) is 12.4. The fourth-order valence-electron chi connectivity index (χ4n) is 5.82. The minimum Gasteiger partial charge on any atom is -0.481 e. The maximum atomic E-state index is 14.2. The summed E-state index contributed by atoms with van der Waals surface area (Å²) >= 11 is 0. The molecule has 2 atom stereocenters. The second kappa shape index (κ2) is 14.3. The van der Waals surface area contributed by atoms with E-state index in [1.54, 1.807) is 42.9 Å². The van der Waals surface area contributed by atoms with E-state index in [0.717, 1.165) is 10.1 Å². The van der Waals surface area contributed by atoms with E-state index < -0.39 is 53.7 Å². The molecule has 0 bridgehead atoms. The van der Waals surface area contributed by atoms with Crippen LogP contribution in [0.4, 0.5) is 13.2 Å². The molecule has 0 aliphatic carbocycles. The van der Waals surface area contributed by atoms with Crippen LogP contribution in [0.25, 0.3) is 16.8 Å². The molecule has 0 aliphatic rings. The number of nitrogens with zero attached hydrogens (tertiary/aromatic N) is 4. The van der Waals surface area contributed by atoms with E-state index in [4.69, 9.17) is 0 Å². The van der Waals surface area contributed by atoms with Crippen molar-refractivity contribution in [2.45, 2.75) is 65.5 Å². The minimum atomic E-state index is -3.04. The number of hydrogen-bond donors (Lipinski definition) is 2. The molecular formula is C34H40F3N5O4. The Morgan fingerprint density at radius 1 is 1.07 bits per heavy atom. The number of halogens is 3. The number of carboxylic acids is 1. The molecule has 1 aromatic carbocycles. The molecule has 0 saturated carbocycles. The van der Waals surface area contributed by atoms with Crippen LogP contribution in [0, 0.1) is 25.6 Å². The average molecular weight is 640 g/mol. The number of benzene rings is 1. The van der Waals surface area contributed by atoms with Crippen molar-refractivity contribution in [2.24, 2.45) is 5.92 Å². The smallest absolute Gasteiger partial charge is 0.305 e. The Morgan fingerprint density at radius 2 is 1.74 bits per heavy atom. The molecule has 0 unspecified atom stereocenters. The van der Waals surface area contributed by atoms with Gasteiger partial charge in [0.25, 0.3) is 12.0 Å². The number of rotatable bonds is 13. The summed E-state index contributed by atoms with van der Waals surface area (Å²) in [6.07, 6.45) is 3.35. The van der Waals surface area contributed by atoms with Gasteiger partial charge < -0.3 is 24.3 Å². The highest BCUT2D eigenvalue weighted by Crippen LogP contribution is 2.34. The summed E-state index contributed by atoms with van der Waals surface area (Å²) in [6.45, 7) is 7.76. The van der Waals surface area contributed by atoms with Gasteiger partial charge in [-0.1, -0.05) is 13.8 Å². The molecule has 12 heteroatoms. The maximum absolute atomic E-state index is 14.2. The largest absolute Gasteiger partial charge is 0.481 e. The number of hydrogen-bond acceptors (Lipinski definition) is 5. The highest BCUT2D eigenvalue weighted by Gasteiger charge is 2.30. The van der Waals surface area contributed by atoms with Crippen molar-refractivity contribution in [2.75, 3.05) is 20.6 Å². The Labute approximate surface area is 265 Å². The lowest BCUT2D eigenvalue weighted by Gasteiger charge is -2.26. The number of fused-ring (bicyclic) bond motifs is 1. The van der Waals surface area contributed by atoms with Crippen molar-refractivity contribution in [1.82, 2.24) is 24.2 Å². The zero-order valence-corrected chi connectivity index (χ0v) is 26.9. The fourth-order valence-corrected chi connectivity index (χ4v) is 5.82. The third kappa shape index (κ3) is 7.85. The van der Waals surface area contributed by atoms with Crippen molar-refractivity contribution >= 4 is 17.5 Å². The van der Waals surface area contributed by atoms with Gasteiger partial charge in [0, 0.05) is 36.9 Å². The molecule has 0 aliphatic heterocycles. The lowest BCUT2D eigenvalue weighted by molar-refractivity contribution is -0.138. The molecule has 46 heavy (non-hydrogen) atoms. The first-order chi connectivity index (χ1) is 21.7. The molecule has 0 saturated heterocycles. The van der Waals surface area contributed by atoms with Crippen LogP contribution in [0.2, 0.25) is 0 Å². The van der Waals surface area contributed by atoms with Crippen LogP contribution in [-0.2, 0) is 16.0 Å². The third-order valence-electron chi connectivity index (χ3n) is 7.92. The summed E-state index contributed by atoms with van der Waals surface area (Å²) in [6, 6.07) is 3.47. The van der Waals surface area contributed by atoms with Gasteiger partial charge in [-0.05, 0) is 98.8 Å². The van der Waals surface area contributed by atoms with E-state index in [1.807, 2.05) is 32.8 Å². The molecule has 2 N–H and O–H groups in total. The summed E-state index contributed by atoms with van der Waals surface area (Å²) in [5, 5.41) is 12.7. The number of carbonyl (C=O) groups excluding carboxylic acids is 1. The Bertz CT molecular complexity index is 1770. The number of imidazole rings is 1. The summed E-state index contributed by atoms with van der Waals surface area (Å²) in [5.41, 5.74) is 2.45. The summed E-state index contributed by atoms with van der Waals surface area (Å²) in [5.74, 6) is -2.36. The first kappa shape index (κ1) is 34.4. The van der Waals surface area contributed by atoms with Crippen LogP contribution in [0.15, 0.2) is 53.8 Å². The van der Waals surface area contributed by atoms with E-state index in [-0.39, 0.29) is 12.3 Å². The standard InChI is InChI=1S/C34H40F3N5O4/c1-19(2)11-28(42-17-22(7-9-40(5)6)14-26(31(36)37)34(42)46)33(45)39-27(16-29(43)44)23-15-25(32-38-8-10-41(32)18-23)30-20(3)12-24(35)13-21(30)4/h8,10,12-15,17-19,27-28,31H,7,9,11,16H2,1-6H3,(H,39,45)(H,43,44)/t27-,28-/m0/s1. The maximum Gasteiger partial charge on any atom is 0.305 e. The van der Waals surface area contributed by atoms with Crippen molar-refractivity contribution in [1.29, 1.82) is 0 Å². The monoisotopic (exact) mass is 639 g/mol. The third-order valence-corrected chi connectivity index (χ3v) is 7.92. The molecule has 3 aromatic heterocycles. The van der Waals surface area contributed by atoms with Crippen molar-refractivity contribution in [3.05, 3.63) is 93.0 Å². The first-order valence-electron chi connectivity index (χ1n) is 15.1. The molecule has 0 radical (unpaired) electrons. The van der Waals surface area contributed by atoms with Gasteiger partial charge in [0.05, 0.1) is 18.0 Å². The zero-order chi connectivity index (χ0) is 33.9. The van der Waals surface area contributed by atoms with Gasteiger partial charge in [-0.15, -0.1) is 0 Å². The van der Waals surface area contributed by atoms with Crippen LogP contribution in [0.1, 0.15) is 73.0 Å². The van der Waals surface area contributed by atoms with E-state index >= 15 is 0 Å². The number of pyridine rings is 2. The van der Waals surface area contributed by atoms with Gasteiger partial charge in [0.2, 0.25) is 5.91 Å². The van der Waals surface area contributed by atoms with Crippen LogP contribution >= 0.6 is 0 Å². The van der Waals surface area contributed by atoms with Gasteiger partial charge >= 0.3 is 5.97 Å². The SMILES string of the molecule is Cc1cc(F)cc(C)c1-c1cc([C@H](CC(=O)O)NC(=O)[C@H](CC(C)C)n2cc(CCN(C)C)cc(C(F)F)c2=O)cn2ccnc12. The van der Waals surface area contributed by atoms with Crippen molar-refractivity contribution in [3.8, 4) is 11.1 Å². The number of aliphatic carboxylic acids is 1. The Balaban J connectivity index is 1.82. The Morgan fingerprint density at radius 3 is 2.33 bits per heavy atom. The predicted molar refractivity (Wildman–Crippen MR) is 170 cm³/mol.